The third kappa shape index (κ3) is 7.08. The number of aromatic nitrogens is 2. The van der Waals surface area contributed by atoms with Crippen LogP contribution in [0, 0.1) is 0 Å². The molecule has 0 fully saturated rings. The summed E-state index contributed by atoms with van der Waals surface area (Å²) < 4.78 is 37.7. The van der Waals surface area contributed by atoms with Gasteiger partial charge in [-0.1, -0.05) is 6.07 Å². The number of alkyl halides is 3. The van der Waals surface area contributed by atoms with Crippen LogP contribution in [0.15, 0.2) is 28.7 Å². The Kier molecular flexibility index (Phi) is 9.93. The molecule has 0 unspecified atom stereocenters. The first-order valence-electron chi connectivity index (χ1n) is 8.53. The van der Waals surface area contributed by atoms with Crippen LogP contribution in [0.3, 0.4) is 0 Å². The summed E-state index contributed by atoms with van der Waals surface area (Å²) in [6, 6.07) is 3.95. The first-order valence-corrected chi connectivity index (χ1v) is 9.41. The normalized spacial score (nSPS) is 11.7. The zero-order valence-electron chi connectivity index (χ0n) is 15.9. The fraction of sp³-hybridized carbons (Fsp3) is 0.471. The molecule has 2 rings (SSSR count). The van der Waals surface area contributed by atoms with Crippen LogP contribution in [0.4, 0.5) is 19.0 Å². The van der Waals surface area contributed by atoms with Crippen molar-refractivity contribution in [3.05, 3.63) is 40.0 Å². The number of hydrogen-bond donors (Lipinski definition) is 2. The van der Waals surface area contributed by atoms with Crippen molar-refractivity contribution in [3.8, 4) is 0 Å². The van der Waals surface area contributed by atoms with Crippen LogP contribution in [-0.4, -0.2) is 36.1 Å². The first-order chi connectivity index (χ1) is 12.9. The molecule has 6 nitrogen and oxygen atoms in total. The third-order valence-corrected chi connectivity index (χ3v) is 4.68. The summed E-state index contributed by atoms with van der Waals surface area (Å²) in [5.41, 5.74) is 0.106. The van der Waals surface area contributed by atoms with Gasteiger partial charge in [0.2, 0.25) is 0 Å². The number of nitrogens with one attached hydrogen (secondary N) is 2. The third-order valence-electron chi connectivity index (χ3n) is 3.83. The van der Waals surface area contributed by atoms with Gasteiger partial charge < -0.3 is 15.5 Å². The second kappa shape index (κ2) is 11.4. The van der Waals surface area contributed by atoms with Crippen molar-refractivity contribution in [1.82, 2.24) is 20.6 Å². The summed E-state index contributed by atoms with van der Waals surface area (Å²) in [6.07, 6.45) is -2.62. The van der Waals surface area contributed by atoms with Gasteiger partial charge in [0.15, 0.2) is 11.7 Å². The Morgan fingerprint density at radius 3 is 2.36 bits per heavy atom. The molecule has 0 atom stereocenters. The Balaban J connectivity index is 0.00000392. The Morgan fingerprint density at radius 2 is 1.86 bits per heavy atom. The highest BCUT2D eigenvalue weighted by atomic mass is 127. The van der Waals surface area contributed by atoms with Crippen molar-refractivity contribution in [2.45, 2.75) is 33.1 Å². The second-order valence-corrected chi connectivity index (χ2v) is 6.54. The van der Waals surface area contributed by atoms with E-state index in [0.717, 1.165) is 41.2 Å². The average Bonchev–Trinajstić information content (AvgIpc) is 3.13. The lowest BCUT2D eigenvalue weighted by Crippen LogP contribution is -2.36. The molecule has 0 aliphatic rings. The zero-order chi connectivity index (χ0) is 19.9. The van der Waals surface area contributed by atoms with Crippen molar-refractivity contribution in [3.63, 3.8) is 0 Å². The van der Waals surface area contributed by atoms with Crippen molar-refractivity contribution in [2.75, 3.05) is 25.0 Å². The number of thiazole rings is 1. The average molecular weight is 528 g/mol. The Hall–Kier alpha value is -1.63. The van der Waals surface area contributed by atoms with E-state index < -0.39 is 11.9 Å². The number of guanidine groups is 1. The molecule has 0 radical (unpaired) electrons. The van der Waals surface area contributed by atoms with E-state index in [4.69, 9.17) is 0 Å². The summed E-state index contributed by atoms with van der Waals surface area (Å²) in [4.78, 5) is 14.3. The quantitative estimate of drug-likeness (QED) is 0.325. The molecular weight excluding hydrogens is 504 g/mol. The van der Waals surface area contributed by atoms with Gasteiger partial charge in [-0.2, -0.15) is 13.2 Å². The molecule has 0 aromatic carbocycles. The highest BCUT2D eigenvalue weighted by Gasteiger charge is 2.33. The molecule has 0 bridgehead atoms. The molecular formula is C17H24F3IN6S. The molecule has 28 heavy (non-hydrogen) atoms. The van der Waals surface area contributed by atoms with Gasteiger partial charge >= 0.3 is 6.18 Å². The lowest BCUT2D eigenvalue weighted by Gasteiger charge is -2.19. The monoisotopic (exact) mass is 528 g/mol. The molecule has 156 valence electrons. The van der Waals surface area contributed by atoms with Gasteiger partial charge in [0, 0.05) is 38.3 Å². The minimum atomic E-state index is -4.42. The number of halogens is 4. The number of nitrogens with zero attached hydrogens (tertiary/aromatic N) is 4. The van der Waals surface area contributed by atoms with E-state index in [1.807, 2.05) is 12.1 Å². The van der Waals surface area contributed by atoms with Crippen LogP contribution >= 0.6 is 35.3 Å². The number of aliphatic imine (C=N–C) groups is 1. The Morgan fingerprint density at radius 1 is 1.18 bits per heavy atom. The maximum absolute atomic E-state index is 12.6. The van der Waals surface area contributed by atoms with Gasteiger partial charge in [0.1, 0.15) is 10.8 Å². The fourth-order valence-corrected chi connectivity index (χ4v) is 3.08. The highest BCUT2D eigenvalue weighted by Crippen LogP contribution is 2.29. The molecule has 0 aliphatic heterocycles. The summed E-state index contributed by atoms with van der Waals surface area (Å²) in [5.74, 6) is 1.40. The summed E-state index contributed by atoms with van der Waals surface area (Å²) >= 11 is 0.961. The lowest BCUT2D eigenvalue weighted by atomic mass is 10.2. The summed E-state index contributed by atoms with van der Waals surface area (Å²) in [5, 5.41) is 7.42. The zero-order valence-corrected chi connectivity index (χ0v) is 19.0. The van der Waals surface area contributed by atoms with Crippen LogP contribution in [-0.2, 0) is 19.3 Å². The summed E-state index contributed by atoms with van der Waals surface area (Å²) in [7, 11) is 1.60. The van der Waals surface area contributed by atoms with E-state index in [1.54, 1.807) is 13.2 Å². The highest BCUT2D eigenvalue weighted by molar-refractivity contribution is 14.0. The van der Waals surface area contributed by atoms with Crippen LogP contribution in [0.1, 0.15) is 30.1 Å². The number of anilines is 1. The molecule has 11 heteroatoms. The molecule has 2 N–H and O–H groups in total. The predicted molar refractivity (Wildman–Crippen MR) is 117 cm³/mol. The second-order valence-electron chi connectivity index (χ2n) is 5.60. The van der Waals surface area contributed by atoms with Crippen molar-refractivity contribution >= 4 is 47.1 Å². The van der Waals surface area contributed by atoms with Crippen molar-refractivity contribution in [1.29, 1.82) is 0 Å². The Bertz CT molecular complexity index is 744. The van der Waals surface area contributed by atoms with Crippen LogP contribution < -0.4 is 15.5 Å². The minimum absolute atomic E-state index is 0. The number of pyridine rings is 1. The standard InChI is InChI=1S/C17H23F3N6S.HI/c1-4-26(5-2)14-7-6-12(8-22-14)9-23-16(21-3)24-10-15-25-13(11-27-15)17(18,19)20;/h6-8,11H,4-5,9-10H2,1-3H3,(H2,21,23,24);1H. The number of rotatable bonds is 7. The smallest absolute Gasteiger partial charge is 0.357 e. The van der Waals surface area contributed by atoms with E-state index in [2.05, 4.69) is 44.3 Å². The largest absolute Gasteiger partial charge is 0.434 e. The maximum Gasteiger partial charge on any atom is 0.434 e. The topological polar surface area (TPSA) is 65.4 Å². The Labute approximate surface area is 183 Å². The van der Waals surface area contributed by atoms with Gasteiger partial charge in [-0.3, -0.25) is 4.99 Å². The molecule has 0 aliphatic carbocycles. The first kappa shape index (κ1) is 24.4. The summed E-state index contributed by atoms with van der Waals surface area (Å²) in [6.45, 7) is 6.61. The van der Waals surface area contributed by atoms with Gasteiger partial charge in [-0.05, 0) is 25.5 Å². The van der Waals surface area contributed by atoms with Gasteiger partial charge in [0.05, 0.1) is 6.54 Å². The van der Waals surface area contributed by atoms with Crippen molar-refractivity contribution in [2.24, 2.45) is 4.99 Å². The molecule has 0 spiro atoms. The van der Waals surface area contributed by atoms with Crippen molar-refractivity contribution < 1.29 is 13.2 Å². The lowest BCUT2D eigenvalue weighted by molar-refractivity contribution is -0.140. The van der Waals surface area contributed by atoms with E-state index >= 15 is 0 Å². The minimum Gasteiger partial charge on any atom is -0.357 e. The van der Waals surface area contributed by atoms with E-state index in [1.165, 1.54) is 0 Å². The SMILES string of the molecule is CCN(CC)c1ccc(CNC(=NC)NCc2nc(C(F)(F)F)cs2)cn1.I. The van der Waals surface area contributed by atoms with E-state index in [9.17, 15) is 13.2 Å². The van der Waals surface area contributed by atoms with Gasteiger partial charge in [-0.25, -0.2) is 9.97 Å². The van der Waals surface area contributed by atoms with Gasteiger partial charge in [-0.15, -0.1) is 35.3 Å². The van der Waals surface area contributed by atoms with Crippen LogP contribution in [0.25, 0.3) is 0 Å². The van der Waals surface area contributed by atoms with E-state index in [0.29, 0.717) is 17.5 Å². The molecule has 2 heterocycles. The van der Waals surface area contributed by atoms with Gasteiger partial charge in [0.25, 0.3) is 0 Å². The fourth-order valence-electron chi connectivity index (χ4n) is 2.34. The molecule has 0 saturated heterocycles. The predicted octanol–water partition coefficient (Wildman–Crippen LogP) is 3.89. The number of hydrogen-bond acceptors (Lipinski definition) is 5. The molecule has 2 aromatic heterocycles. The molecule has 0 amide bonds. The molecule has 0 saturated carbocycles. The van der Waals surface area contributed by atoms with E-state index in [-0.39, 0.29) is 30.5 Å². The van der Waals surface area contributed by atoms with Crippen LogP contribution in [0.2, 0.25) is 0 Å². The van der Waals surface area contributed by atoms with Crippen LogP contribution in [0.5, 0.6) is 0 Å². The maximum atomic E-state index is 12.6. The molecule has 2 aromatic rings.